The van der Waals surface area contributed by atoms with Gasteiger partial charge in [-0.2, -0.15) is 13.2 Å². The summed E-state index contributed by atoms with van der Waals surface area (Å²) in [6, 6.07) is 4.94. The van der Waals surface area contributed by atoms with Crippen LogP contribution in [-0.4, -0.2) is 11.3 Å². The second-order valence-corrected chi connectivity index (χ2v) is 6.76. The van der Waals surface area contributed by atoms with Crippen molar-refractivity contribution in [3.8, 4) is 0 Å². The molecule has 0 aromatic heterocycles. The molecule has 1 N–H and O–H groups in total. The van der Waals surface area contributed by atoms with E-state index >= 15 is 0 Å². The smallest absolute Gasteiger partial charge is 0.376 e. The lowest BCUT2D eigenvalue weighted by molar-refractivity contribution is -0.259. The van der Waals surface area contributed by atoms with E-state index in [9.17, 15) is 18.3 Å². The van der Waals surface area contributed by atoms with Gasteiger partial charge in [0.05, 0.1) is 0 Å². The van der Waals surface area contributed by atoms with Gasteiger partial charge in [-0.25, -0.2) is 0 Å². The summed E-state index contributed by atoms with van der Waals surface area (Å²) >= 11 is 0. The fourth-order valence-electron chi connectivity index (χ4n) is 2.48. The first-order valence-corrected chi connectivity index (χ1v) is 7.36. The number of hydrogen-bond acceptors (Lipinski definition) is 1. The van der Waals surface area contributed by atoms with Crippen LogP contribution < -0.4 is 0 Å². The van der Waals surface area contributed by atoms with Gasteiger partial charge in [-0.05, 0) is 48.3 Å². The van der Waals surface area contributed by atoms with E-state index in [1.54, 1.807) is 6.07 Å². The molecule has 120 valence electrons. The summed E-state index contributed by atoms with van der Waals surface area (Å²) in [5.41, 5.74) is -1.24. The summed E-state index contributed by atoms with van der Waals surface area (Å²) in [5, 5.41) is 9.96. The van der Waals surface area contributed by atoms with Gasteiger partial charge >= 0.3 is 6.18 Å². The van der Waals surface area contributed by atoms with E-state index in [0.717, 1.165) is 18.9 Å². The Morgan fingerprint density at radius 2 is 1.52 bits per heavy atom. The third-order valence-electron chi connectivity index (χ3n) is 3.52. The van der Waals surface area contributed by atoms with Crippen LogP contribution in [0.1, 0.15) is 51.3 Å². The number of halogens is 3. The van der Waals surface area contributed by atoms with Gasteiger partial charge in [0, 0.05) is 0 Å². The average Bonchev–Trinajstić information content (AvgIpc) is 2.25. The van der Waals surface area contributed by atoms with Crippen molar-refractivity contribution >= 4 is 0 Å². The van der Waals surface area contributed by atoms with Gasteiger partial charge in [-0.1, -0.05) is 45.9 Å². The largest absolute Gasteiger partial charge is 0.421 e. The molecule has 0 saturated heterocycles. The fourth-order valence-corrected chi connectivity index (χ4v) is 2.48. The van der Waals surface area contributed by atoms with E-state index in [1.807, 2.05) is 19.9 Å². The molecule has 1 atom stereocenters. The molecule has 0 saturated carbocycles. The lowest BCUT2D eigenvalue weighted by Crippen LogP contribution is -2.40. The molecule has 0 aliphatic rings. The van der Waals surface area contributed by atoms with Crippen molar-refractivity contribution in [3.63, 3.8) is 0 Å². The molecule has 1 aromatic carbocycles. The van der Waals surface area contributed by atoms with Crippen LogP contribution in [0.4, 0.5) is 13.2 Å². The van der Waals surface area contributed by atoms with Crippen molar-refractivity contribution in [3.05, 3.63) is 34.9 Å². The Morgan fingerprint density at radius 3 is 1.95 bits per heavy atom. The van der Waals surface area contributed by atoms with Crippen molar-refractivity contribution in [1.82, 2.24) is 0 Å². The molecular formula is C17H25F3O. The van der Waals surface area contributed by atoms with E-state index in [0.29, 0.717) is 17.9 Å². The molecule has 0 spiro atoms. The molecule has 4 heteroatoms. The maximum Gasteiger partial charge on any atom is 0.421 e. The van der Waals surface area contributed by atoms with Crippen molar-refractivity contribution in [2.75, 3.05) is 0 Å². The molecule has 0 aliphatic carbocycles. The fraction of sp³-hybridized carbons (Fsp3) is 0.647. The van der Waals surface area contributed by atoms with Gasteiger partial charge in [-0.15, -0.1) is 0 Å². The number of hydrogen-bond donors (Lipinski definition) is 1. The van der Waals surface area contributed by atoms with Gasteiger partial charge < -0.3 is 5.11 Å². The minimum absolute atomic E-state index is 0.0313. The van der Waals surface area contributed by atoms with Crippen LogP contribution in [0.25, 0.3) is 0 Å². The molecular weight excluding hydrogens is 277 g/mol. The number of benzene rings is 1. The quantitative estimate of drug-likeness (QED) is 0.824. The third-order valence-corrected chi connectivity index (χ3v) is 3.52. The topological polar surface area (TPSA) is 20.2 Å². The maximum atomic E-state index is 13.1. The monoisotopic (exact) mass is 302 g/mol. The number of rotatable bonds is 5. The molecule has 0 radical (unpaired) electrons. The van der Waals surface area contributed by atoms with Gasteiger partial charge in [0.2, 0.25) is 0 Å². The Labute approximate surface area is 125 Å². The van der Waals surface area contributed by atoms with Crippen molar-refractivity contribution in [2.45, 2.75) is 59.2 Å². The molecule has 0 heterocycles. The predicted molar refractivity (Wildman–Crippen MR) is 79.2 cm³/mol. The summed E-state index contributed by atoms with van der Waals surface area (Å²) < 4.78 is 39.3. The highest BCUT2D eigenvalue weighted by Gasteiger charge is 2.51. The van der Waals surface area contributed by atoms with Crippen LogP contribution in [0.2, 0.25) is 0 Å². The van der Waals surface area contributed by atoms with Gasteiger partial charge in [0.15, 0.2) is 5.60 Å². The van der Waals surface area contributed by atoms with Crippen molar-refractivity contribution in [1.29, 1.82) is 0 Å². The van der Waals surface area contributed by atoms with Crippen LogP contribution in [0, 0.1) is 11.8 Å². The molecule has 0 bridgehead atoms. The average molecular weight is 302 g/mol. The summed E-state index contributed by atoms with van der Waals surface area (Å²) in [6.07, 6.45) is -3.34. The van der Waals surface area contributed by atoms with E-state index in [-0.39, 0.29) is 11.5 Å². The highest BCUT2D eigenvalue weighted by molar-refractivity contribution is 5.37. The first-order valence-electron chi connectivity index (χ1n) is 7.36. The first-order chi connectivity index (χ1) is 9.45. The van der Waals surface area contributed by atoms with Gasteiger partial charge in [-0.3, -0.25) is 0 Å². The summed E-state index contributed by atoms with van der Waals surface area (Å²) in [4.78, 5) is 0. The Morgan fingerprint density at radius 1 is 1.00 bits per heavy atom. The lowest BCUT2D eigenvalue weighted by Gasteiger charge is -2.29. The van der Waals surface area contributed by atoms with Gasteiger partial charge in [0.25, 0.3) is 0 Å². The zero-order valence-corrected chi connectivity index (χ0v) is 13.4. The Bertz CT molecular complexity index is 473. The van der Waals surface area contributed by atoms with E-state index in [2.05, 4.69) is 13.8 Å². The summed E-state index contributed by atoms with van der Waals surface area (Å²) in [7, 11) is 0. The standard InChI is InChI=1S/C17H25F3O/c1-11(2)8-13-6-7-15(14(10-13)9-12(3)4)16(5,21)17(18,19)20/h6-7,10-12,21H,8-9H2,1-5H3. The first kappa shape index (κ1) is 18.0. The lowest BCUT2D eigenvalue weighted by atomic mass is 9.85. The molecule has 1 rings (SSSR count). The van der Waals surface area contributed by atoms with E-state index < -0.39 is 11.8 Å². The Hall–Kier alpha value is -1.03. The van der Waals surface area contributed by atoms with Crippen LogP contribution in [0.15, 0.2) is 18.2 Å². The zero-order valence-electron chi connectivity index (χ0n) is 13.4. The van der Waals surface area contributed by atoms with Crippen LogP contribution in [0.5, 0.6) is 0 Å². The zero-order chi connectivity index (χ0) is 16.4. The summed E-state index contributed by atoms with van der Waals surface area (Å²) in [6.45, 7) is 8.89. The Kier molecular flexibility index (Phi) is 5.48. The summed E-state index contributed by atoms with van der Waals surface area (Å²) in [5.74, 6) is 0.660. The predicted octanol–water partition coefficient (Wildman–Crippen LogP) is 4.85. The molecule has 1 unspecified atom stereocenters. The molecule has 1 nitrogen and oxygen atoms in total. The highest BCUT2D eigenvalue weighted by atomic mass is 19.4. The SMILES string of the molecule is CC(C)Cc1ccc(C(C)(O)C(F)(F)F)c(CC(C)C)c1. The van der Waals surface area contributed by atoms with Crippen molar-refractivity contribution < 1.29 is 18.3 Å². The van der Waals surface area contributed by atoms with E-state index in [1.165, 1.54) is 6.07 Å². The Balaban J connectivity index is 3.31. The van der Waals surface area contributed by atoms with Crippen LogP contribution >= 0.6 is 0 Å². The van der Waals surface area contributed by atoms with Crippen LogP contribution in [-0.2, 0) is 18.4 Å². The van der Waals surface area contributed by atoms with Crippen molar-refractivity contribution in [2.24, 2.45) is 11.8 Å². The third kappa shape index (κ3) is 4.47. The maximum absolute atomic E-state index is 13.1. The normalized spacial score (nSPS) is 15.6. The van der Waals surface area contributed by atoms with Gasteiger partial charge in [0.1, 0.15) is 0 Å². The molecule has 21 heavy (non-hydrogen) atoms. The molecule has 0 fully saturated rings. The second kappa shape index (κ2) is 6.39. The second-order valence-electron chi connectivity index (χ2n) is 6.76. The number of alkyl halides is 3. The minimum Gasteiger partial charge on any atom is -0.376 e. The molecule has 0 amide bonds. The number of aliphatic hydroxyl groups is 1. The molecule has 1 aromatic rings. The van der Waals surface area contributed by atoms with Crippen LogP contribution in [0.3, 0.4) is 0 Å². The minimum atomic E-state index is -4.68. The highest BCUT2D eigenvalue weighted by Crippen LogP contribution is 2.40. The van der Waals surface area contributed by atoms with E-state index in [4.69, 9.17) is 0 Å². The molecule has 0 aliphatic heterocycles.